The van der Waals surface area contributed by atoms with Crippen LogP contribution in [0.1, 0.15) is 16.2 Å². The summed E-state index contributed by atoms with van der Waals surface area (Å²) in [7, 11) is 3.09. The number of amides is 1. The van der Waals surface area contributed by atoms with Crippen LogP contribution in [-0.4, -0.2) is 35.1 Å². The van der Waals surface area contributed by atoms with Gasteiger partial charge >= 0.3 is 0 Å². The molecule has 0 bridgehead atoms. The lowest BCUT2D eigenvalue weighted by Gasteiger charge is -2.06. The van der Waals surface area contributed by atoms with Crippen molar-refractivity contribution in [3.05, 3.63) is 17.2 Å². The molecule has 0 saturated carbocycles. The van der Waals surface area contributed by atoms with Crippen LogP contribution in [0.3, 0.4) is 0 Å². The molecule has 12 heavy (non-hydrogen) atoms. The van der Waals surface area contributed by atoms with Crippen LogP contribution >= 0.6 is 0 Å². The van der Waals surface area contributed by atoms with E-state index >= 15 is 0 Å². The molecule has 1 aromatic rings. The lowest BCUT2D eigenvalue weighted by atomic mass is 10.3. The second-order valence-electron chi connectivity index (χ2n) is 2.71. The summed E-state index contributed by atoms with van der Waals surface area (Å²) >= 11 is 0. The summed E-state index contributed by atoms with van der Waals surface area (Å²) in [6.07, 6.45) is 0. The van der Waals surface area contributed by atoms with Gasteiger partial charge in [-0.15, -0.1) is 0 Å². The molecule has 5 heteroatoms. The summed E-state index contributed by atoms with van der Waals surface area (Å²) in [6, 6.07) is 0. The average molecular weight is 171 g/mol. The number of aryl methyl sites for hydroxylation is 1. The predicted octanol–water partition coefficient (Wildman–Crippen LogP) is 0.559. The Kier molecular flexibility index (Phi) is 2.12. The van der Waals surface area contributed by atoms with Crippen molar-refractivity contribution in [2.45, 2.75) is 6.92 Å². The van der Waals surface area contributed by atoms with E-state index in [9.17, 15) is 9.18 Å². The zero-order chi connectivity index (χ0) is 9.30. The molecule has 1 rings (SSSR count). The van der Waals surface area contributed by atoms with Crippen LogP contribution in [0.4, 0.5) is 4.39 Å². The summed E-state index contributed by atoms with van der Waals surface area (Å²) in [6.45, 7) is 1.52. The standard InChI is InChI=1S/C7H10FN3O/c1-4-5(8)6(10-9-4)7(12)11(2)3/h1-3H3,(H,9,10). The van der Waals surface area contributed by atoms with Crippen molar-refractivity contribution in [3.8, 4) is 0 Å². The van der Waals surface area contributed by atoms with Crippen LogP contribution in [0.5, 0.6) is 0 Å². The summed E-state index contributed by atoms with van der Waals surface area (Å²) < 4.78 is 13.0. The Morgan fingerprint density at radius 1 is 1.58 bits per heavy atom. The van der Waals surface area contributed by atoms with Gasteiger partial charge in [0, 0.05) is 14.1 Å². The van der Waals surface area contributed by atoms with Gasteiger partial charge in [-0.25, -0.2) is 4.39 Å². The number of aromatic amines is 1. The normalized spacial score (nSPS) is 10.0. The van der Waals surface area contributed by atoms with Crippen LogP contribution in [-0.2, 0) is 0 Å². The van der Waals surface area contributed by atoms with E-state index in [1.54, 1.807) is 14.1 Å². The van der Waals surface area contributed by atoms with Crippen molar-refractivity contribution in [2.24, 2.45) is 0 Å². The van der Waals surface area contributed by atoms with E-state index in [4.69, 9.17) is 0 Å². The first-order valence-electron chi connectivity index (χ1n) is 3.46. The fourth-order valence-electron chi connectivity index (χ4n) is 0.769. The molecule has 1 heterocycles. The Bertz CT molecular complexity index is 306. The zero-order valence-corrected chi connectivity index (χ0v) is 7.18. The molecule has 0 unspecified atom stereocenters. The van der Waals surface area contributed by atoms with Crippen molar-refractivity contribution in [1.82, 2.24) is 15.1 Å². The minimum atomic E-state index is -0.575. The second-order valence-corrected chi connectivity index (χ2v) is 2.71. The number of hydrogen-bond acceptors (Lipinski definition) is 2. The summed E-state index contributed by atoms with van der Waals surface area (Å²) in [5.41, 5.74) is 0.123. The third-order valence-corrected chi connectivity index (χ3v) is 1.48. The van der Waals surface area contributed by atoms with Gasteiger partial charge in [0.2, 0.25) is 0 Å². The van der Waals surface area contributed by atoms with E-state index in [0.29, 0.717) is 0 Å². The lowest BCUT2D eigenvalue weighted by Crippen LogP contribution is -2.23. The topological polar surface area (TPSA) is 49.0 Å². The minimum absolute atomic E-state index is 0.155. The SMILES string of the molecule is Cc1[nH]nc(C(=O)N(C)C)c1F. The van der Waals surface area contributed by atoms with Crippen molar-refractivity contribution < 1.29 is 9.18 Å². The number of carbonyl (C=O) groups excluding carboxylic acids is 1. The largest absolute Gasteiger partial charge is 0.343 e. The number of rotatable bonds is 1. The third kappa shape index (κ3) is 1.30. The minimum Gasteiger partial charge on any atom is -0.343 e. The molecule has 0 spiro atoms. The first-order chi connectivity index (χ1) is 5.54. The van der Waals surface area contributed by atoms with Crippen molar-refractivity contribution in [2.75, 3.05) is 14.1 Å². The fourth-order valence-corrected chi connectivity index (χ4v) is 0.769. The van der Waals surface area contributed by atoms with Gasteiger partial charge in [-0.05, 0) is 6.92 Å². The highest BCUT2D eigenvalue weighted by Gasteiger charge is 2.18. The molecular formula is C7H10FN3O. The lowest BCUT2D eigenvalue weighted by molar-refractivity contribution is 0.0817. The number of aromatic nitrogens is 2. The van der Waals surface area contributed by atoms with Gasteiger partial charge in [0.05, 0.1) is 5.69 Å². The molecule has 1 N–H and O–H groups in total. The maximum atomic E-state index is 13.0. The van der Waals surface area contributed by atoms with Gasteiger partial charge < -0.3 is 4.90 Å². The van der Waals surface area contributed by atoms with E-state index in [0.717, 1.165) is 0 Å². The molecule has 0 aliphatic rings. The molecule has 1 amide bonds. The maximum absolute atomic E-state index is 13.0. The van der Waals surface area contributed by atoms with Crippen LogP contribution in [0, 0.1) is 12.7 Å². The number of H-pyrrole nitrogens is 1. The van der Waals surface area contributed by atoms with Gasteiger partial charge in [0.1, 0.15) is 0 Å². The summed E-state index contributed by atoms with van der Waals surface area (Å²) in [5, 5.41) is 5.95. The molecule has 0 aromatic carbocycles. The van der Waals surface area contributed by atoms with Crippen molar-refractivity contribution in [1.29, 1.82) is 0 Å². The quantitative estimate of drug-likeness (QED) is 0.671. The van der Waals surface area contributed by atoms with E-state index in [1.807, 2.05) is 0 Å². The zero-order valence-electron chi connectivity index (χ0n) is 7.18. The van der Waals surface area contributed by atoms with Crippen LogP contribution in [0.25, 0.3) is 0 Å². The molecule has 0 radical (unpaired) electrons. The molecule has 0 aliphatic heterocycles. The first-order valence-corrected chi connectivity index (χ1v) is 3.46. The highest BCUT2D eigenvalue weighted by atomic mass is 19.1. The first kappa shape index (κ1) is 8.70. The van der Waals surface area contributed by atoms with Crippen molar-refractivity contribution >= 4 is 5.91 Å². The number of nitrogens with one attached hydrogen (secondary N) is 1. The number of nitrogens with zero attached hydrogens (tertiary/aromatic N) is 2. The number of halogens is 1. The van der Waals surface area contributed by atoms with Gasteiger partial charge in [0.25, 0.3) is 5.91 Å². The number of hydrogen-bond donors (Lipinski definition) is 1. The average Bonchev–Trinajstić information content (AvgIpc) is 2.32. The van der Waals surface area contributed by atoms with Gasteiger partial charge in [-0.1, -0.05) is 0 Å². The Morgan fingerprint density at radius 3 is 2.50 bits per heavy atom. The monoisotopic (exact) mass is 171 g/mol. The highest BCUT2D eigenvalue weighted by molar-refractivity contribution is 5.92. The molecule has 0 atom stereocenters. The maximum Gasteiger partial charge on any atom is 0.276 e. The molecule has 0 fully saturated rings. The molecular weight excluding hydrogens is 161 g/mol. The molecule has 66 valence electrons. The number of carbonyl (C=O) groups is 1. The summed E-state index contributed by atoms with van der Waals surface area (Å²) in [5.74, 6) is -1.01. The Hall–Kier alpha value is -1.39. The van der Waals surface area contributed by atoms with Crippen LogP contribution in [0.15, 0.2) is 0 Å². The Morgan fingerprint density at radius 2 is 2.17 bits per heavy atom. The summed E-state index contributed by atoms with van der Waals surface area (Å²) in [4.78, 5) is 12.5. The van der Waals surface area contributed by atoms with Gasteiger partial charge in [-0.2, -0.15) is 5.10 Å². The molecule has 1 aromatic heterocycles. The second kappa shape index (κ2) is 2.92. The van der Waals surface area contributed by atoms with Gasteiger partial charge in [-0.3, -0.25) is 9.89 Å². The highest BCUT2D eigenvalue weighted by Crippen LogP contribution is 2.08. The van der Waals surface area contributed by atoms with E-state index in [2.05, 4.69) is 10.2 Å². The van der Waals surface area contributed by atoms with E-state index < -0.39 is 11.7 Å². The molecule has 0 aliphatic carbocycles. The Labute approximate surface area is 69.4 Å². The molecule has 0 saturated heterocycles. The van der Waals surface area contributed by atoms with E-state index in [-0.39, 0.29) is 11.4 Å². The van der Waals surface area contributed by atoms with Crippen LogP contribution < -0.4 is 0 Å². The Balaban J connectivity index is 3.04. The van der Waals surface area contributed by atoms with Crippen LogP contribution in [0.2, 0.25) is 0 Å². The van der Waals surface area contributed by atoms with Crippen molar-refractivity contribution in [3.63, 3.8) is 0 Å². The molecule has 4 nitrogen and oxygen atoms in total. The third-order valence-electron chi connectivity index (χ3n) is 1.48. The fraction of sp³-hybridized carbons (Fsp3) is 0.429. The smallest absolute Gasteiger partial charge is 0.276 e. The van der Waals surface area contributed by atoms with E-state index in [1.165, 1.54) is 11.8 Å². The van der Waals surface area contributed by atoms with Gasteiger partial charge in [0.15, 0.2) is 11.5 Å². The predicted molar refractivity (Wildman–Crippen MR) is 41.3 cm³/mol.